The molecule has 3 aromatic rings. The number of halogens is 2. The summed E-state index contributed by atoms with van der Waals surface area (Å²) in [5, 5.41) is 9.94. The molecule has 0 amide bonds. The van der Waals surface area contributed by atoms with Crippen molar-refractivity contribution in [1.82, 2.24) is 0 Å². The molecular formula is C20H14Cl2O4S. The van der Waals surface area contributed by atoms with Gasteiger partial charge in [0.05, 0.1) is 16.2 Å². The molecule has 0 saturated heterocycles. The summed E-state index contributed by atoms with van der Waals surface area (Å²) in [5.74, 6) is -1.66. The van der Waals surface area contributed by atoms with Crippen LogP contribution in [0.25, 0.3) is 11.1 Å². The molecule has 0 atom stereocenters. The standard InChI is InChI=1S/C20H14Cl2O4S/c21-16-9-17(22)11-18(10-16)27(25,26)12-15-7-6-14(8-19(15)20(23)24)13-4-2-1-3-5-13/h1-11H,12H2,(H,23,24). The van der Waals surface area contributed by atoms with E-state index in [9.17, 15) is 18.3 Å². The molecule has 0 aliphatic heterocycles. The second kappa shape index (κ2) is 7.72. The van der Waals surface area contributed by atoms with Crippen molar-refractivity contribution in [3.63, 3.8) is 0 Å². The smallest absolute Gasteiger partial charge is 0.336 e. The number of rotatable bonds is 5. The maximum absolute atomic E-state index is 12.7. The van der Waals surface area contributed by atoms with Gasteiger partial charge in [0.2, 0.25) is 0 Å². The third-order valence-corrected chi connectivity index (χ3v) is 6.07. The second-order valence-corrected chi connectivity index (χ2v) is 8.77. The van der Waals surface area contributed by atoms with Crippen LogP contribution in [-0.2, 0) is 15.6 Å². The topological polar surface area (TPSA) is 71.4 Å². The maximum Gasteiger partial charge on any atom is 0.336 e. The lowest BCUT2D eigenvalue weighted by Crippen LogP contribution is -2.10. The molecule has 27 heavy (non-hydrogen) atoms. The largest absolute Gasteiger partial charge is 0.478 e. The Morgan fingerprint density at radius 2 is 1.48 bits per heavy atom. The van der Waals surface area contributed by atoms with Crippen LogP contribution in [0.2, 0.25) is 10.0 Å². The van der Waals surface area contributed by atoms with Crippen molar-refractivity contribution in [3.05, 3.63) is 87.9 Å². The van der Waals surface area contributed by atoms with Crippen molar-refractivity contribution in [2.24, 2.45) is 0 Å². The van der Waals surface area contributed by atoms with Crippen LogP contribution in [-0.4, -0.2) is 19.5 Å². The summed E-state index contributed by atoms with van der Waals surface area (Å²) < 4.78 is 25.5. The summed E-state index contributed by atoms with van der Waals surface area (Å²) >= 11 is 11.8. The highest BCUT2D eigenvalue weighted by molar-refractivity contribution is 7.90. The molecule has 7 heteroatoms. The van der Waals surface area contributed by atoms with Gasteiger partial charge in [0.15, 0.2) is 9.84 Å². The Bertz CT molecular complexity index is 1090. The Kier molecular flexibility index (Phi) is 5.56. The van der Waals surface area contributed by atoms with Crippen molar-refractivity contribution in [2.75, 3.05) is 0 Å². The molecular weight excluding hydrogens is 407 g/mol. The van der Waals surface area contributed by atoms with Crippen LogP contribution < -0.4 is 0 Å². The predicted octanol–water partition coefficient (Wildman–Crippen LogP) is 5.33. The maximum atomic E-state index is 12.7. The van der Waals surface area contributed by atoms with Gasteiger partial charge < -0.3 is 5.11 Å². The molecule has 0 aliphatic carbocycles. The molecule has 0 fully saturated rings. The minimum atomic E-state index is -3.82. The zero-order valence-electron chi connectivity index (χ0n) is 13.9. The van der Waals surface area contributed by atoms with Crippen LogP contribution in [0, 0.1) is 0 Å². The van der Waals surface area contributed by atoms with E-state index in [4.69, 9.17) is 23.2 Å². The van der Waals surface area contributed by atoms with Crippen LogP contribution in [0.4, 0.5) is 0 Å². The molecule has 138 valence electrons. The van der Waals surface area contributed by atoms with Crippen LogP contribution in [0.5, 0.6) is 0 Å². The van der Waals surface area contributed by atoms with Gasteiger partial charge in [0, 0.05) is 10.0 Å². The zero-order chi connectivity index (χ0) is 19.6. The van der Waals surface area contributed by atoms with E-state index in [0.717, 1.165) is 5.56 Å². The van der Waals surface area contributed by atoms with Gasteiger partial charge in [-0.15, -0.1) is 0 Å². The first-order chi connectivity index (χ1) is 12.8. The van der Waals surface area contributed by atoms with Gasteiger partial charge >= 0.3 is 5.97 Å². The number of hydrogen-bond acceptors (Lipinski definition) is 3. The summed E-state index contributed by atoms with van der Waals surface area (Å²) in [6.07, 6.45) is 0. The molecule has 0 unspecified atom stereocenters. The number of aromatic carboxylic acids is 1. The van der Waals surface area contributed by atoms with Gasteiger partial charge in [-0.2, -0.15) is 0 Å². The summed E-state index contributed by atoms with van der Waals surface area (Å²) in [7, 11) is -3.82. The second-order valence-electron chi connectivity index (χ2n) is 5.91. The Hall–Kier alpha value is -2.34. The number of carbonyl (C=O) groups is 1. The first-order valence-corrected chi connectivity index (χ1v) is 10.3. The molecule has 3 rings (SSSR count). The minimum Gasteiger partial charge on any atom is -0.478 e. The van der Waals surface area contributed by atoms with Crippen molar-refractivity contribution in [1.29, 1.82) is 0 Å². The molecule has 4 nitrogen and oxygen atoms in total. The average Bonchev–Trinajstić information content (AvgIpc) is 2.61. The minimum absolute atomic E-state index is 0.0523. The van der Waals surface area contributed by atoms with Crippen LogP contribution >= 0.6 is 23.2 Å². The Balaban J connectivity index is 2.02. The molecule has 0 spiro atoms. The molecule has 0 radical (unpaired) electrons. The zero-order valence-corrected chi connectivity index (χ0v) is 16.2. The van der Waals surface area contributed by atoms with Crippen molar-refractivity contribution in [2.45, 2.75) is 10.6 Å². The lowest BCUT2D eigenvalue weighted by atomic mass is 10.00. The summed E-state index contributed by atoms with van der Waals surface area (Å²) in [6, 6.07) is 18.0. The van der Waals surface area contributed by atoms with Crippen molar-refractivity contribution >= 4 is 39.0 Å². The number of hydrogen-bond donors (Lipinski definition) is 1. The fourth-order valence-corrected chi connectivity index (χ4v) is 4.80. The highest BCUT2D eigenvalue weighted by Gasteiger charge is 2.21. The van der Waals surface area contributed by atoms with E-state index in [1.54, 1.807) is 6.07 Å². The highest BCUT2D eigenvalue weighted by atomic mass is 35.5. The average molecular weight is 421 g/mol. The van der Waals surface area contributed by atoms with Gasteiger partial charge in [-0.1, -0.05) is 65.7 Å². The third-order valence-electron chi connectivity index (χ3n) is 3.99. The quantitative estimate of drug-likeness (QED) is 0.604. The lowest BCUT2D eigenvalue weighted by Gasteiger charge is -2.11. The normalized spacial score (nSPS) is 11.3. The van der Waals surface area contributed by atoms with E-state index in [2.05, 4.69) is 0 Å². The van der Waals surface area contributed by atoms with Gasteiger partial charge in [0.25, 0.3) is 0 Å². The Morgan fingerprint density at radius 3 is 2.07 bits per heavy atom. The van der Waals surface area contributed by atoms with Crippen molar-refractivity contribution < 1.29 is 18.3 Å². The molecule has 1 N–H and O–H groups in total. The third kappa shape index (κ3) is 4.50. The van der Waals surface area contributed by atoms with Crippen LogP contribution in [0.1, 0.15) is 15.9 Å². The molecule has 0 bridgehead atoms. The van der Waals surface area contributed by atoms with Crippen molar-refractivity contribution in [3.8, 4) is 11.1 Å². The SMILES string of the molecule is O=C(O)c1cc(-c2ccccc2)ccc1CS(=O)(=O)c1cc(Cl)cc(Cl)c1. The van der Waals surface area contributed by atoms with Gasteiger partial charge in [-0.05, 0) is 41.0 Å². The molecule has 0 saturated carbocycles. The van der Waals surface area contributed by atoms with E-state index < -0.39 is 21.6 Å². The predicted molar refractivity (Wildman–Crippen MR) is 106 cm³/mol. The number of benzene rings is 3. The Morgan fingerprint density at radius 1 is 0.852 bits per heavy atom. The fraction of sp³-hybridized carbons (Fsp3) is 0.0500. The monoisotopic (exact) mass is 420 g/mol. The highest BCUT2D eigenvalue weighted by Crippen LogP contribution is 2.28. The number of carboxylic acids is 1. The van der Waals surface area contributed by atoms with Crippen LogP contribution in [0.3, 0.4) is 0 Å². The molecule has 0 aromatic heterocycles. The summed E-state index contributed by atoms with van der Waals surface area (Å²) in [5.41, 5.74) is 1.67. The number of carboxylic acid groups (broad SMARTS) is 1. The number of sulfone groups is 1. The van der Waals surface area contributed by atoms with E-state index in [0.29, 0.717) is 5.56 Å². The van der Waals surface area contributed by atoms with Crippen LogP contribution in [0.15, 0.2) is 71.6 Å². The molecule has 0 aliphatic rings. The van der Waals surface area contributed by atoms with E-state index in [1.807, 2.05) is 30.3 Å². The molecule has 0 heterocycles. The summed E-state index contributed by atoms with van der Waals surface area (Å²) in [4.78, 5) is 11.6. The first-order valence-electron chi connectivity index (χ1n) is 7.87. The van der Waals surface area contributed by atoms with E-state index >= 15 is 0 Å². The van der Waals surface area contributed by atoms with E-state index in [1.165, 1.54) is 30.3 Å². The Labute approximate surface area is 166 Å². The summed E-state index contributed by atoms with van der Waals surface area (Å²) in [6.45, 7) is 0. The lowest BCUT2D eigenvalue weighted by molar-refractivity contribution is 0.0696. The first kappa shape index (κ1) is 19.4. The fourth-order valence-electron chi connectivity index (χ4n) is 2.71. The van der Waals surface area contributed by atoms with Gasteiger partial charge in [-0.25, -0.2) is 13.2 Å². The van der Waals surface area contributed by atoms with E-state index in [-0.39, 0.29) is 26.1 Å². The van der Waals surface area contributed by atoms with Gasteiger partial charge in [0.1, 0.15) is 0 Å². The molecule has 3 aromatic carbocycles. The van der Waals surface area contributed by atoms with Gasteiger partial charge in [-0.3, -0.25) is 0 Å².